The topological polar surface area (TPSA) is 52.3 Å². The van der Waals surface area contributed by atoms with Crippen LogP contribution in [-0.4, -0.2) is 12.0 Å². The highest BCUT2D eigenvalue weighted by atomic mass is 79.9. The van der Waals surface area contributed by atoms with Gasteiger partial charge in [0.15, 0.2) is 6.10 Å². The molecule has 4 heteroatoms. The summed E-state index contributed by atoms with van der Waals surface area (Å²) in [7, 11) is 0. The Labute approximate surface area is 120 Å². The number of hydrogen-bond acceptors (Lipinski definition) is 2. The number of halogens is 1. The fourth-order valence-corrected chi connectivity index (χ4v) is 1.89. The van der Waals surface area contributed by atoms with Crippen LogP contribution in [-0.2, 0) is 4.79 Å². The van der Waals surface area contributed by atoms with Gasteiger partial charge >= 0.3 is 0 Å². The quantitative estimate of drug-likeness (QED) is 0.939. The van der Waals surface area contributed by atoms with Crippen molar-refractivity contribution < 1.29 is 9.53 Å². The molecule has 3 nitrogen and oxygen atoms in total. The van der Waals surface area contributed by atoms with Crippen LogP contribution in [0.5, 0.6) is 5.75 Å². The van der Waals surface area contributed by atoms with Crippen molar-refractivity contribution in [3.63, 3.8) is 0 Å². The van der Waals surface area contributed by atoms with Gasteiger partial charge in [-0.25, -0.2) is 0 Å². The summed E-state index contributed by atoms with van der Waals surface area (Å²) in [6, 6.07) is 15.6. The maximum Gasteiger partial charge on any atom is 0.258 e. The van der Waals surface area contributed by atoms with Crippen molar-refractivity contribution >= 4 is 21.8 Å². The average Bonchev–Trinajstić information content (AvgIpc) is 2.40. The second-order valence-corrected chi connectivity index (χ2v) is 5.11. The van der Waals surface area contributed by atoms with Crippen LogP contribution in [0.3, 0.4) is 0 Å². The lowest BCUT2D eigenvalue weighted by atomic mass is 10.1. The molecule has 0 aliphatic rings. The standard InChI is InChI=1S/C15H14BrNO2/c1-10(15(17)18)19-14-8-4-12(5-9-14)11-2-6-13(16)7-3-11/h2-10H,1H3,(H2,17,18)/t10-/m0/s1. The number of carbonyl (C=O) groups is 1. The van der Waals surface area contributed by atoms with Crippen molar-refractivity contribution in [1.29, 1.82) is 0 Å². The molecule has 2 aromatic carbocycles. The highest BCUT2D eigenvalue weighted by molar-refractivity contribution is 9.10. The summed E-state index contributed by atoms with van der Waals surface area (Å²) in [5.41, 5.74) is 7.36. The SMILES string of the molecule is C[C@H](Oc1ccc(-c2ccc(Br)cc2)cc1)C(N)=O. The molecule has 2 aromatic rings. The molecular weight excluding hydrogens is 306 g/mol. The maximum absolute atomic E-state index is 10.9. The van der Waals surface area contributed by atoms with Gasteiger partial charge < -0.3 is 10.5 Å². The molecule has 0 aromatic heterocycles. The van der Waals surface area contributed by atoms with Crippen LogP contribution in [0.15, 0.2) is 53.0 Å². The Balaban J connectivity index is 2.14. The summed E-state index contributed by atoms with van der Waals surface area (Å²) in [5.74, 6) is 0.157. The fourth-order valence-electron chi connectivity index (χ4n) is 1.63. The van der Waals surface area contributed by atoms with Gasteiger partial charge in [-0.1, -0.05) is 40.2 Å². The van der Waals surface area contributed by atoms with Gasteiger partial charge in [0.05, 0.1) is 0 Å². The Kier molecular flexibility index (Phi) is 4.22. The molecule has 0 unspecified atom stereocenters. The molecule has 0 saturated heterocycles. The predicted octanol–water partition coefficient (Wildman–Crippen LogP) is 3.37. The van der Waals surface area contributed by atoms with Gasteiger partial charge in [-0.15, -0.1) is 0 Å². The lowest BCUT2D eigenvalue weighted by molar-refractivity contribution is -0.123. The van der Waals surface area contributed by atoms with Gasteiger partial charge in [-0.3, -0.25) is 4.79 Å². The molecule has 0 aliphatic heterocycles. The Bertz CT molecular complexity index is 564. The number of hydrogen-bond donors (Lipinski definition) is 1. The lowest BCUT2D eigenvalue weighted by Gasteiger charge is -2.11. The summed E-state index contributed by atoms with van der Waals surface area (Å²) < 4.78 is 6.45. The van der Waals surface area contributed by atoms with E-state index in [-0.39, 0.29) is 0 Å². The highest BCUT2D eigenvalue weighted by Gasteiger charge is 2.09. The van der Waals surface area contributed by atoms with Crippen LogP contribution in [0.25, 0.3) is 11.1 Å². The molecule has 1 amide bonds. The number of carbonyl (C=O) groups excluding carboxylic acids is 1. The first-order valence-electron chi connectivity index (χ1n) is 5.88. The van der Waals surface area contributed by atoms with Crippen molar-refractivity contribution in [2.45, 2.75) is 13.0 Å². The van der Waals surface area contributed by atoms with Crippen molar-refractivity contribution in [3.8, 4) is 16.9 Å². The molecule has 0 aliphatic carbocycles. The zero-order valence-electron chi connectivity index (χ0n) is 10.5. The van der Waals surface area contributed by atoms with Gasteiger partial charge in [0.25, 0.3) is 5.91 Å². The highest BCUT2D eigenvalue weighted by Crippen LogP contribution is 2.24. The summed E-state index contributed by atoms with van der Waals surface area (Å²) in [4.78, 5) is 10.9. The molecular formula is C15H14BrNO2. The number of nitrogens with two attached hydrogens (primary N) is 1. The molecule has 1 atom stereocenters. The van der Waals surface area contributed by atoms with E-state index in [4.69, 9.17) is 10.5 Å². The van der Waals surface area contributed by atoms with E-state index in [1.165, 1.54) is 0 Å². The van der Waals surface area contributed by atoms with E-state index in [9.17, 15) is 4.79 Å². The monoisotopic (exact) mass is 319 g/mol. The first-order chi connectivity index (χ1) is 9.06. The van der Waals surface area contributed by atoms with Crippen LogP contribution < -0.4 is 10.5 Å². The van der Waals surface area contributed by atoms with E-state index in [0.29, 0.717) is 5.75 Å². The molecule has 2 rings (SSSR count). The number of primary amides is 1. The molecule has 0 heterocycles. The minimum absolute atomic E-state index is 0.475. The summed E-state index contributed by atoms with van der Waals surface area (Å²) in [5, 5.41) is 0. The summed E-state index contributed by atoms with van der Waals surface area (Å²) >= 11 is 3.41. The molecule has 19 heavy (non-hydrogen) atoms. The molecule has 0 bridgehead atoms. The Hall–Kier alpha value is -1.81. The zero-order chi connectivity index (χ0) is 13.8. The van der Waals surface area contributed by atoms with E-state index in [2.05, 4.69) is 15.9 Å². The normalized spacial score (nSPS) is 11.9. The van der Waals surface area contributed by atoms with Gasteiger partial charge in [-0.2, -0.15) is 0 Å². The minimum atomic E-state index is -0.626. The van der Waals surface area contributed by atoms with E-state index < -0.39 is 12.0 Å². The Morgan fingerprint density at radius 3 is 2.00 bits per heavy atom. The third-order valence-electron chi connectivity index (χ3n) is 2.75. The van der Waals surface area contributed by atoms with Crippen molar-refractivity contribution in [3.05, 3.63) is 53.0 Å². The Morgan fingerprint density at radius 1 is 1.05 bits per heavy atom. The molecule has 0 saturated carbocycles. The maximum atomic E-state index is 10.9. The van der Waals surface area contributed by atoms with Crippen molar-refractivity contribution in [2.24, 2.45) is 5.73 Å². The number of ether oxygens (including phenoxy) is 1. The predicted molar refractivity (Wildman–Crippen MR) is 78.9 cm³/mol. The van der Waals surface area contributed by atoms with Crippen LogP contribution in [0, 0.1) is 0 Å². The van der Waals surface area contributed by atoms with Crippen molar-refractivity contribution in [2.75, 3.05) is 0 Å². The Morgan fingerprint density at radius 2 is 1.53 bits per heavy atom. The third-order valence-corrected chi connectivity index (χ3v) is 3.27. The van der Waals surface area contributed by atoms with E-state index in [1.54, 1.807) is 6.92 Å². The average molecular weight is 320 g/mol. The summed E-state index contributed by atoms with van der Waals surface area (Å²) in [6.45, 7) is 1.63. The lowest BCUT2D eigenvalue weighted by Crippen LogP contribution is -2.30. The van der Waals surface area contributed by atoms with Crippen LogP contribution >= 0.6 is 15.9 Å². The minimum Gasteiger partial charge on any atom is -0.481 e. The van der Waals surface area contributed by atoms with Gasteiger partial charge in [-0.05, 0) is 42.3 Å². The van der Waals surface area contributed by atoms with E-state index >= 15 is 0 Å². The molecule has 0 spiro atoms. The van der Waals surface area contributed by atoms with Crippen LogP contribution in [0.2, 0.25) is 0 Å². The van der Waals surface area contributed by atoms with E-state index in [1.807, 2.05) is 48.5 Å². The second-order valence-electron chi connectivity index (χ2n) is 4.19. The smallest absolute Gasteiger partial charge is 0.258 e. The number of rotatable bonds is 4. The molecule has 98 valence electrons. The van der Waals surface area contributed by atoms with Crippen LogP contribution in [0.4, 0.5) is 0 Å². The van der Waals surface area contributed by atoms with Gasteiger partial charge in [0.1, 0.15) is 5.75 Å². The summed E-state index contributed by atoms with van der Waals surface area (Å²) in [6.07, 6.45) is -0.626. The van der Waals surface area contributed by atoms with Crippen molar-refractivity contribution in [1.82, 2.24) is 0 Å². The largest absolute Gasteiger partial charge is 0.481 e. The molecule has 0 radical (unpaired) electrons. The first kappa shape index (κ1) is 13.6. The second kappa shape index (κ2) is 5.89. The third kappa shape index (κ3) is 3.58. The molecule has 0 fully saturated rings. The van der Waals surface area contributed by atoms with Gasteiger partial charge in [0.2, 0.25) is 0 Å². The van der Waals surface area contributed by atoms with Crippen LogP contribution in [0.1, 0.15) is 6.92 Å². The number of benzene rings is 2. The number of amides is 1. The van der Waals surface area contributed by atoms with E-state index in [0.717, 1.165) is 15.6 Å². The molecule has 2 N–H and O–H groups in total. The zero-order valence-corrected chi connectivity index (χ0v) is 12.1. The first-order valence-corrected chi connectivity index (χ1v) is 6.67. The van der Waals surface area contributed by atoms with Gasteiger partial charge in [0, 0.05) is 4.47 Å². The fraction of sp³-hybridized carbons (Fsp3) is 0.133.